The molecule has 2 aliphatic rings. The van der Waals surface area contributed by atoms with E-state index in [9.17, 15) is 19.2 Å². The van der Waals surface area contributed by atoms with Crippen LogP contribution < -0.4 is 9.80 Å². The Morgan fingerprint density at radius 1 is 0.886 bits per heavy atom. The van der Waals surface area contributed by atoms with Gasteiger partial charge in [-0.3, -0.25) is 19.2 Å². The van der Waals surface area contributed by atoms with Gasteiger partial charge in [-0.25, -0.2) is 4.90 Å². The first-order valence-corrected chi connectivity index (χ1v) is 11.1. The van der Waals surface area contributed by atoms with Gasteiger partial charge in [0.2, 0.25) is 5.91 Å². The van der Waals surface area contributed by atoms with Crippen LogP contribution in [-0.4, -0.2) is 35.6 Å². The number of ether oxygens (including phenoxy) is 1. The molecule has 0 spiro atoms. The molecule has 1 heterocycles. The van der Waals surface area contributed by atoms with Crippen molar-refractivity contribution >= 4 is 58.2 Å². The molecule has 1 aliphatic heterocycles. The number of carbonyl (C=O) groups excluding carboxylic acids is 4. The van der Waals surface area contributed by atoms with E-state index in [2.05, 4.69) is 0 Å². The van der Waals surface area contributed by atoms with Crippen molar-refractivity contribution in [2.45, 2.75) is 6.92 Å². The van der Waals surface area contributed by atoms with Crippen LogP contribution in [0.2, 0.25) is 0 Å². The average Bonchev–Trinajstić information content (AvgIpc) is 3.14. The summed E-state index contributed by atoms with van der Waals surface area (Å²) in [4.78, 5) is 53.3. The van der Waals surface area contributed by atoms with Gasteiger partial charge >= 0.3 is 5.91 Å². The molecule has 0 N–H and O–H groups in total. The third-order valence-corrected chi connectivity index (χ3v) is 6.28. The molecule has 7 nitrogen and oxygen atoms in total. The molecule has 1 saturated heterocycles. The SMILES string of the molecule is CC(=O)N(C)c1ccc(C=C2OC(=S)N(c3ccc4c(c3)C(=O)c3ccccc3C4=O)C2=O)cc1. The first kappa shape index (κ1) is 22.4. The van der Waals surface area contributed by atoms with Gasteiger partial charge in [0, 0.05) is 41.9 Å². The lowest BCUT2D eigenvalue weighted by molar-refractivity contribution is -0.116. The number of hydrogen-bond acceptors (Lipinski definition) is 6. The van der Waals surface area contributed by atoms with E-state index >= 15 is 0 Å². The van der Waals surface area contributed by atoms with Crippen LogP contribution in [0.1, 0.15) is 44.3 Å². The van der Waals surface area contributed by atoms with Crippen molar-refractivity contribution in [2.24, 2.45) is 0 Å². The average molecular weight is 483 g/mol. The van der Waals surface area contributed by atoms with Crippen LogP contribution in [0.15, 0.2) is 72.5 Å². The van der Waals surface area contributed by atoms with E-state index in [1.165, 1.54) is 28.9 Å². The molecule has 0 aromatic heterocycles. The molecule has 0 radical (unpaired) electrons. The number of hydrogen-bond donors (Lipinski definition) is 0. The van der Waals surface area contributed by atoms with Gasteiger partial charge in [-0.05, 0) is 54.2 Å². The smallest absolute Gasteiger partial charge is 0.301 e. The molecule has 1 fully saturated rings. The molecule has 2 amide bonds. The second-order valence-electron chi connectivity index (χ2n) is 8.12. The minimum absolute atomic E-state index is 0.0214. The number of amides is 2. The van der Waals surface area contributed by atoms with Gasteiger partial charge in [0.25, 0.3) is 5.17 Å². The molecule has 3 aromatic carbocycles. The standard InChI is InChI=1S/C27H18N2O5S/c1-15(30)28(2)17-9-7-16(8-10-17)13-23-26(33)29(27(35)34-23)18-11-12-21-22(14-18)25(32)20-6-4-3-5-19(20)24(21)31/h3-14H,1-2H3. The van der Waals surface area contributed by atoms with Crippen LogP contribution in [0.5, 0.6) is 0 Å². The third-order valence-electron chi connectivity index (χ3n) is 6.01. The molecule has 1 aliphatic carbocycles. The molecular formula is C27H18N2O5S. The van der Waals surface area contributed by atoms with E-state index in [1.54, 1.807) is 67.7 Å². The topological polar surface area (TPSA) is 84.0 Å². The van der Waals surface area contributed by atoms with E-state index in [-0.39, 0.29) is 39.5 Å². The monoisotopic (exact) mass is 482 g/mol. The summed E-state index contributed by atoms with van der Waals surface area (Å²) >= 11 is 5.29. The van der Waals surface area contributed by atoms with E-state index in [0.717, 1.165) is 0 Å². The number of thiocarbonyl (C=S) groups is 1. The van der Waals surface area contributed by atoms with Crippen LogP contribution in [0, 0.1) is 0 Å². The number of benzene rings is 3. The predicted molar refractivity (Wildman–Crippen MR) is 134 cm³/mol. The van der Waals surface area contributed by atoms with Gasteiger partial charge < -0.3 is 9.64 Å². The Morgan fingerprint density at radius 2 is 1.49 bits per heavy atom. The van der Waals surface area contributed by atoms with Crippen LogP contribution in [0.4, 0.5) is 11.4 Å². The van der Waals surface area contributed by atoms with Crippen molar-refractivity contribution in [3.05, 3.63) is 100 Å². The van der Waals surface area contributed by atoms with E-state index in [4.69, 9.17) is 17.0 Å². The number of nitrogens with zero attached hydrogens (tertiary/aromatic N) is 2. The molecule has 3 aromatic rings. The normalized spacial score (nSPS) is 15.7. The molecule has 0 atom stereocenters. The number of fused-ring (bicyclic) bond motifs is 2. The zero-order valence-corrected chi connectivity index (χ0v) is 19.6. The Morgan fingerprint density at radius 3 is 2.11 bits per heavy atom. The van der Waals surface area contributed by atoms with Gasteiger partial charge in [0.15, 0.2) is 17.3 Å². The first-order valence-electron chi connectivity index (χ1n) is 10.7. The molecule has 0 saturated carbocycles. The maximum absolute atomic E-state index is 13.1. The zero-order valence-electron chi connectivity index (χ0n) is 18.8. The maximum atomic E-state index is 13.1. The highest BCUT2D eigenvalue weighted by Crippen LogP contribution is 2.33. The van der Waals surface area contributed by atoms with Gasteiger partial charge in [-0.1, -0.05) is 36.4 Å². The molecule has 0 bridgehead atoms. The quantitative estimate of drug-likeness (QED) is 0.323. The summed E-state index contributed by atoms with van der Waals surface area (Å²) in [5.41, 5.74) is 2.91. The summed E-state index contributed by atoms with van der Waals surface area (Å²) in [5, 5.41) is -0.0795. The summed E-state index contributed by atoms with van der Waals surface area (Å²) in [6.07, 6.45) is 1.55. The number of rotatable bonds is 3. The second kappa shape index (κ2) is 8.41. The Labute approximate surface area is 206 Å². The molecule has 172 valence electrons. The van der Waals surface area contributed by atoms with Crippen molar-refractivity contribution in [1.29, 1.82) is 0 Å². The lowest BCUT2D eigenvalue weighted by Gasteiger charge is -2.20. The van der Waals surface area contributed by atoms with Crippen LogP contribution >= 0.6 is 12.2 Å². The van der Waals surface area contributed by atoms with E-state index in [0.29, 0.717) is 28.1 Å². The van der Waals surface area contributed by atoms with Gasteiger partial charge in [-0.2, -0.15) is 0 Å². The van der Waals surface area contributed by atoms with Gasteiger partial charge in [0.1, 0.15) is 0 Å². The largest absolute Gasteiger partial charge is 0.425 e. The second-order valence-corrected chi connectivity index (χ2v) is 8.47. The van der Waals surface area contributed by atoms with Crippen molar-refractivity contribution in [1.82, 2.24) is 0 Å². The highest BCUT2D eigenvalue weighted by molar-refractivity contribution is 7.80. The zero-order chi connectivity index (χ0) is 24.9. The van der Waals surface area contributed by atoms with Crippen molar-refractivity contribution < 1.29 is 23.9 Å². The molecular weight excluding hydrogens is 464 g/mol. The number of anilines is 2. The lowest BCUT2D eigenvalue weighted by Crippen LogP contribution is -2.29. The summed E-state index contributed by atoms with van der Waals surface area (Å²) in [6.45, 7) is 1.47. The maximum Gasteiger partial charge on any atom is 0.301 e. The lowest BCUT2D eigenvalue weighted by atomic mass is 9.84. The van der Waals surface area contributed by atoms with Crippen LogP contribution in [0.3, 0.4) is 0 Å². The Balaban J connectivity index is 1.45. The van der Waals surface area contributed by atoms with E-state index in [1.807, 2.05) is 0 Å². The Kier molecular flexibility index (Phi) is 5.37. The fourth-order valence-electron chi connectivity index (χ4n) is 4.04. The Hall–Kier alpha value is -4.43. The van der Waals surface area contributed by atoms with Gasteiger partial charge in [-0.15, -0.1) is 0 Å². The van der Waals surface area contributed by atoms with Crippen LogP contribution in [0.25, 0.3) is 6.08 Å². The third kappa shape index (κ3) is 3.74. The molecule has 0 unspecified atom stereocenters. The molecule has 5 rings (SSSR count). The number of ketones is 2. The number of carbonyl (C=O) groups is 4. The highest BCUT2D eigenvalue weighted by Gasteiger charge is 2.37. The van der Waals surface area contributed by atoms with Crippen molar-refractivity contribution in [3.8, 4) is 0 Å². The highest BCUT2D eigenvalue weighted by atomic mass is 32.1. The van der Waals surface area contributed by atoms with Gasteiger partial charge in [0.05, 0.1) is 5.69 Å². The predicted octanol–water partition coefficient (Wildman–Crippen LogP) is 4.13. The fraction of sp³-hybridized carbons (Fsp3) is 0.0741. The van der Waals surface area contributed by atoms with Crippen LogP contribution in [-0.2, 0) is 14.3 Å². The molecule has 35 heavy (non-hydrogen) atoms. The van der Waals surface area contributed by atoms with E-state index < -0.39 is 5.91 Å². The summed E-state index contributed by atoms with van der Waals surface area (Å²) < 4.78 is 5.56. The summed E-state index contributed by atoms with van der Waals surface area (Å²) in [6, 6.07) is 18.3. The minimum Gasteiger partial charge on any atom is -0.425 e. The summed E-state index contributed by atoms with van der Waals surface area (Å²) in [5.74, 6) is -1.10. The first-order chi connectivity index (χ1) is 16.8. The van der Waals surface area contributed by atoms with Crippen molar-refractivity contribution in [2.75, 3.05) is 16.8 Å². The summed E-state index contributed by atoms with van der Waals surface area (Å²) in [7, 11) is 1.67. The van der Waals surface area contributed by atoms with Crippen molar-refractivity contribution in [3.63, 3.8) is 0 Å². The minimum atomic E-state index is -0.491. The Bertz CT molecular complexity index is 1490. The molecule has 8 heteroatoms. The fourth-order valence-corrected chi connectivity index (χ4v) is 4.32.